The molecule has 0 spiro atoms. The van der Waals surface area contributed by atoms with Crippen molar-refractivity contribution < 1.29 is 4.79 Å². The molecule has 1 aliphatic carbocycles. The lowest BCUT2D eigenvalue weighted by Gasteiger charge is -2.23. The normalized spacial score (nSPS) is 14.5. The fourth-order valence-corrected chi connectivity index (χ4v) is 3.85. The van der Waals surface area contributed by atoms with Crippen molar-refractivity contribution in [3.63, 3.8) is 0 Å². The number of nitrogens with zero attached hydrogens (tertiary/aromatic N) is 4. The summed E-state index contributed by atoms with van der Waals surface area (Å²) in [7, 11) is 0. The summed E-state index contributed by atoms with van der Waals surface area (Å²) < 4.78 is 1.43. The number of anilines is 3. The number of carbonyl (C=O) groups is 1. The van der Waals surface area contributed by atoms with Crippen LogP contribution in [0.5, 0.6) is 0 Å². The number of amides is 1. The molecule has 2 aromatic heterocycles. The molecule has 1 saturated carbocycles. The Morgan fingerprint density at radius 2 is 1.97 bits per heavy atom. The van der Waals surface area contributed by atoms with E-state index in [0.717, 1.165) is 12.8 Å². The highest BCUT2D eigenvalue weighted by atomic mass is 35.5. The van der Waals surface area contributed by atoms with Crippen molar-refractivity contribution in [1.29, 1.82) is 0 Å². The minimum Gasteiger partial charge on any atom is -0.382 e. The molecule has 1 atom stereocenters. The van der Waals surface area contributed by atoms with E-state index in [1.807, 2.05) is 0 Å². The Balaban J connectivity index is 1.88. The summed E-state index contributed by atoms with van der Waals surface area (Å²) in [4.78, 5) is 37.5. The van der Waals surface area contributed by atoms with Crippen molar-refractivity contribution >= 4 is 57.6 Å². The fraction of sp³-hybridized carbons (Fsp3) is 0.316. The van der Waals surface area contributed by atoms with Gasteiger partial charge in [-0.2, -0.15) is 9.97 Å². The molecule has 31 heavy (non-hydrogen) atoms. The third-order valence-electron chi connectivity index (χ3n) is 5.10. The molecule has 12 heteroatoms. The van der Waals surface area contributed by atoms with Gasteiger partial charge < -0.3 is 22.5 Å². The number of hydrogen-bond acceptors (Lipinski definition) is 8. The van der Waals surface area contributed by atoms with Crippen LogP contribution in [0.1, 0.15) is 31.1 Å². The summed E-state index contributed by atoms with van der Waals surface area (Å²) in [5.41, 5.74) is 17.0. The van der Waals surface area contributed by atoms with Crippen LogP contribution < -0.4 is 28.1 Å². The Hall–Kier alpha value is -3.11. The number of benzene rings is 1. The minimum absolute atomic E-state index is 0.0317. The highest BCUT2D eigenvalue weighted by Crippen LogP contribution is 2.43. The molecule has 2 heterocycles. The maximum Gasteiger partial charge on any atom is 0.262 e. The van der Waals surface area contributed by atoms with Crippen LogP contribution in [0.15, 0.2) is 23.0 Å². The van der Waals surface area contributed by atoms with E-state index in [9.17, 15) is 9.59 Å². The molecule has 1 unspecified atom stereocenters. The molecule has 3 aromatic rings. The Kier molecular flexibility index (Phi) is 5.59. The number of rotatable bonds is 7. The van der Waals surface area contributed by atoms with Gasteiger partial charge in [-0.1, -0.05) is 29.3 Å². The van der Waals surface area contributed by atoms with E-state index in [0.29, 0.717) is 11.3 Å². The Labute approximate surface area is 186 Å². The van der Waals surface area contributed by atoms with Crippen LogP contribution in [-0.2, 0) is 11.3 Å². The third-order valence-corrected chi connectivity index (χ3v) is 5.79. The number of carbonyl (C=O) groups excluding carboxylic acids is 1. The first-order chi connectivity index (χ1) is 14.8. The average molecular weight is 463 g/mol. The van der Waals surface area contributed by atoms with E-state index in [1.54, 1.807) is 18.2 Å². The Bertz CT molecular complexity index is 1240. The molecular weight excluding hydrogens is 443 g/mol. The Morgan fingerprint density at radius 1 is 1.23 bits per heavy atom. The van der Waals surface area contributed by atoms with Crippen molar-refractivity contribution in [3.05, 3.63) is 44.4 Å². The number of nitrogens with two attached hydrogens (primary N) is 3. The third kappa shape index (κ3) is 4.21. The summed E-state index contributed by atoms with van der Waals surface area (Å²) in [6.45, 7) is 0.0599. The van der Waals surface area contributed by atoms with Gasteiger partial charge >= 0.3 is 0 Å². The molecule has 0 aliphatic heterocycles. The molecule has 4 rings (SSSR count). The molecule has 1 aromatic carbocycles. The van der Waals surface area contributed by atoms with Gasteiger partial charge in [0.2, 0.25) is 11.9 Å². The zero-order valence-electron chi connectivity index (χ0n) is 16.3. The fourth-order valence-electron chi connectivity index (χ4n) is 3.46. The number of nitrogens with one attached hydrogen (secondary N) is 1. The van der Waals surface area contributed by atoms with Crippen LogP contribution in [0.4, 0.5) is 17.6 Å². The Morgan fingerprint density at radius 3 is 2.65 bits per heavy atom. The van der Waals surface area contributed by atoms with E-state index >= 15 is 0 Å². The van der Waals surface area contributed by atoms with Crippen LogP contribution in [0.3, 0.4) is 0 Å². The number of nitrogen functional groups attached to an aromatic ring is 2. The maximum atomic E-state index is 13.3. The number of primary amides is 1. The van der Waals surface area contributed by atoms with Gasteiger partial charge in [0.1, 0.15) is 16.7 Å². The monoisotopic (exact) mass is 462 g/mol. The lowest BCUT2D eigenvalue weighted by Crippen LogP contribution is -2.32. The van der Waals surface area contributed by atoms with E-state index in [-0.39, 0.29) is 57.5 Å². The largest absolute Gasteiger partial charge is 0.382 e. The molecule has 0 saturated heterocycles. The molecule has 0 bridgehead atoms. The second-order valence-electron chi connectivity index (χ2n) is 7.37. The van der Waals surface area contributed by atoms with Gasteiger partial charge in [-0.05, 0) is 30.9 Å². The summed E-state index contributed by atoms with van der Waals surface area (Å²) >= 11 is 12.5. The zero-order chi connectivity index (χ0) is 22.3. The first-order valence-corrected chi connectivity index (χ1v) is 10.3. The predicted molar refractivity (Wildman–Crippen MR) is 120 cm³/mol. The highest BCUT2D eigenvalue weighted by Gasteiger charge is 2.36. The topological polar surface area (TPSA) is 168 Å². The van der Waals surface area contributed by atoms with Crippen molar-refractivity contribution in [2.75, 3.05) is 16.8 Å². The molecule has 162 valence electrons. The minimum atomic E-state index is -0.535. The van der Waals surface area contributed by atoms with E-state index in [4.69, 9.17) is 45.4 Å². The SMILES string of the molecule is NC(=O)CCn1c(C(Nc2nc(N)nc(N)c2Cl)C2CC2)nc2cccc(Cl)c2c1=O. The van der Waals surface area contributed by atoms with Crippen molar-refractivity contribution in [2.24, 2.45) is 11.7 Å². The number of halogens is 2. The van der Waals surface area contributed by atoms with E-state index in [2.05, 4.69) is 15.3 Å². The quantitative estimate of drug-likeness (QED) is 0.413. The summed E-state index contributed by atoms with van der Waals surface area (Å²) in [6.07, 6.45) is 1.78. The van der Waals surface area contributed by atoms with Crippen LogP contribution in [0.25, 0.3) is 10.9 Å². The molecule has 7 N–H and O–H groups in total. The molecule has 1 amide bonds. The van der Waals surface area contributed by atoms with Crippen LogP contribution >= 0.6 is 23.2 Å². The standard InChI is InChI=1S/C19H20Cl2N8O2/c20-9-2-1-3-10-12(9)18(31)29(7-6-11(22)30)17(25-10)14(8-4-5-8)26-16-13(21)15(23)27-19(24)28-16/h1-3,8,14H,4-7H2,(H2,22,30)(H5,23,24,26,27,28). The summed E-state index contributed by atoms with van der Waals surface area (Å²) in [5, 5.41) is 3.91. The summed E-state index contributed by atoms with van der Waals surface area (Å²) in [5.74, 6) is 0.295. The molecule has 10 nitrogen and oxygen atoms in total. The van der Waals surface area contributed by atoms with Crippen LogP contribution in [0.2, 0.25) is 10.0 Å². The second kappa shape index (κ2) is 8.20. The lowest BCUT2D eigenvalue weighted by molar-refractivity contribution is -0.118. The van der Waals surface area contributed by atoms with Gasteiger partial charge in [-0.15, -0.1) is 0 Å². The highest BCUT2D eigenvalue weighted by molar-refractivity contribution is 6.35. The van der Waals surface area contributed by atoms with Gasteiger partial charge in [0, 0.05) is 13.0 Å². The van der Waals surface area contributed by atoms with Crippen molar-refractivity contribution in [2.45, 2.75) is 31.8 Å². The van der Waals surface area contributed by atoms with Gasteiger partial charge in [-0.3, -0.25) is 14.2 Å². The van der Waals surface area contributed by atoms with Crippen LogP contribution in [-0.4, -0.2) is 25.4 Å². The van der Waals surface area contributed by atoms with Crippen molar-refractivity contribution in [1.82, 2.24) is 19.5 Å². The molecule has 0 radical (unpaired) electrons. The van der Waals surface area contributed by atoms with Crippen LogP contribution in [0, 0.1) is 5.92 Å². The number of hydrogen-bond donors (Lipinski definition) is 4. The smallest absolute Gasteiger partial charge is 0.262 e. The van der Waals surface area contributed by atoms with Crippen molar-refractivity contribution in [3.8, 4) is 0 Å². The first kappa shape index (κ1) is 21.1. The molecule has 1 aliphatic rings. The summed E-state index contributed by atoms with van der Waals surface area (Å²) in [6, 6.07) is 4.61. The number of aromatic nitrogens is 4. The molecular formula is C19H20Cl2N8O2. The van der Waals surface area contributed by atoms with Gasteiger partial charge in [0.05, 0.1) is 22.0 Å². The van der Waals surface area contributed by atoms with E-state index < -0.39 is 11.9 Å². The molecule has 1 fully saturated rings. The lowest BCUT2D eigenvalue weighted by atomic mass is 10.1. The maximum absolute atomic E-state index is 13.3. The predicted octanol–water partition coefficient (Wildman–Crippen LogP) is 2.10. The van der Waals surface area contributed by atoms with Gasteiger partial charge in [0.15, 0.2) is 5.82 Å². The zero-order valence-corrected chi connectivity index (χ0v) is 17.8. The van der Waals surface area contributed by atoms with Gasteiger partial charge in [0.25, 0.3) is 5.56 Å². The van der Waals surface area contributed by atoms with E-state index in [1.165, 1.54) is 4.57 Å². The average Bonchev–Trinajstić information content (AvgIpc) is 3.53. The van der Waals surface area contributed by atoms with Gasteiger partial charge in [-0.25, -0.2) is 4.98 Å². The number of fused-ring (bicyclic) bond motifs is 1. The second-order valence-corrected chi connectivity index (χ2v) is 8.15. The first-order valence-electron chi connectivity index (χ1n) is 9.58.